The molecule has 2 aromatic rings. The molecule has 0 bridgehead atoms. The molecule has 3 rings (SSSR count). The van der Waals surface area contributed by atoms with Crippen LogP contribution >= 0.6 is 11.3 Å². The van der Waals surface area contributed by atoms with Crippen molar-refractivity contribution in [3.05, 3.63) is 35.4 Å². The van der Waals surface area contributed by atoms with E-state index in [2.05, 4.69) is 5.32 Å². The Balaban J connectivity index is 1.60. The Bertz CT molecular complexity index is 1000. The molecule has 0 spiro atoms. The summed E-state index contributed by atoms with van der Waals surface area (Å²) in [4.78, 5) is 35.7. The molecule has 0 unspecified atom stereocenters. The molecule has 1 heterocycles. The summed E-state index contributed by atoms with van der Waals surface area (Å²) in [6.07, 6.45) is 4.34. The molecular formula is C22H28N4O5S. The third kappa shape index (κ3) is 5.98. The fraction of sp³-hybridized carbons (Fsp3) is 0.409. The zero-order valence-electron chi connectivity index (χ0n) is 17.9. The van der Waals surface area contributed by atoms with Gasteiger partial charge in [-0.2, -0.15) is 0 Å². The normalized spacial score (nSPS) is 14.7. The van der Waals surface area contributed by atoms with Gasteiger partial charge in [-0.15, -0.1) is 11.3 Å². The number of rotatable bonds is 9. The van der Waals surface area contributed by atoms with Crippen molar-refractivity contribution in [2.75, 3.05) is 11.9 Å². The Labute approximate surface area is 190 Å². The summed E-state index contributed by atoms with van der Waals surface area (Å²) >= 11 is 1.20. The molecule has 0 radical (unpaired) electrons. The predicted molar refractivity (Wildman–Crippen MR) is 123 cm³/mol. The highest BCUT2D eigenvalue weighted by Gasteiger charge is 2.23. The molecule has 7 N–H and O–H groups in total. The van der Waals surface area contributed by atoms with Crippen LogP contribution in [0, 0.1) is 6.92 Å². The van der Waals surface area contributed by atoms with Gasteiger partial charge in [0.1, 0.15) is 22.9 Å². The average Bonchev–Trinajstić information content (AvgIpc) is 3.38. The van der Waals surface area contributed by atoms with Gasteiger partial charge in [-0.3, -0.25) is 14.9 Å². The molecule has 0 saturated heterocycles. The van der Waals surface area contributed by atoms with Crippen molar-refractivity contribution < 1.29 is 23.9 Å². The van der Waals surface area contributed by atoms with Gasteiger partial charge in [0.25, 0.3) is 5.91 Å². The lowest BCUT2D eigenvalue weighted by atomic mass is 10.1. The third-order valence-corrected chi connectivity index (χ3v) is 6.37. The number of nitrogens with one attached hydrogen (secondary N) is 1. The zero-order chi connectivity index (χ0) is 23.3. The summed E-state index contributed by atoms with van der Waals surface area (Å²) in [5.74, 6) is -0.376. The summed E-state index contributed by atoms with van der Waals surface area (Å²) < 4.78 is 11.2. The fourth-order valence-electron chi connectivity index (χ4n) is 3.56. The van der Waals surface area contributed by atoms with Crippen LogP contribution in [0.15, 0.2) is 24.3 Å². The second-order valence-electron chi connectivity index (χ2n) is 7.77. The van der Waals surface area contributed by atoms with Gasteiger partial charge >= 0.3 is 12.0 Å². The lowest BCUT2D eigenvalue weighted by Gasteiger charge is -2.16. The number of hydrogen-bond donors (Lipinski definition) is 4. The van der Waals surface area contributed by atoms with E-state index in [9.17, 15) is 14.4 Å². The number of benzene rings is 1. The van der Waals surface area contributed by atoms with E-state index in [0.717, 1.165) is 41.7 Å². The van der Waals surface area contributed by atoms with E-state index in [1.807, 2.05) is 19.1 Å². The first-order chi connectivity index (χ1) is 15.2. The number of ether oxygens (including phenoxy) is 2. The van der Waals surface area contributed by atoms with Crippen LogP contribution in [0.3, 0.4) is 0 Å². The van der Waals surface area contributed by atoms with Crippen LogP contribution in [-0.4, -0.2) is 36.7 Å². The number of hydrogen-bond acceptors (Lipinski definition) is 7. The van der Waals surface area contributed by atoms with Crippen molar-refractivity contribution in [1.82, 2.24) is 0 Å². The van der Waals surface area contributed by atoms with Gasteiger partial charge in [0.2, 0.25) is 0 Å². The number of carbonyl (C=O) groups excluding carboxylic acids is 3. The molecule has 1 fully saturated rings. The van der Waals surface area contributed by atoms with Crippen molar-refractivity contribution >= 4 is 34.2 Å². The molecule has 1 aliphatic carbocycles. The van der Waals surface area contributed by atoms with Crippen LogP contribution in [-0.2, 0) is 9.53 Å². The molecule has 32 heavy (non-hydrogen) atoms. The van der Waals surface area contributed by atoms with Gasteiger partial charge in [-0.05, 0) is 68.0 Å². The van der Waals surface area contributed by atoms with E-state index in [1.165, 1.54) is 11.3 Å². The Hall–Kier alpha value is -3.11. The number of amides is 3. The lowest BCUT2D eigenvalue weighted by Crippen LogP contribution is -2.35. The van der Waals surface area contributed by atoms with E-state index >= 15 is 0 Å². The van der Waals surface area contributed by atoms with Crippen LogP contribution in [0.2, 0.25) is 0 Å². The summed E-state index contributed by atoms with van der Waals surface area (Å²) in [6, 6.07) is 5.66. The number of primary amides is 2. The Morgan fingerprint density at radius 3 is 2.53 bits per heavy atom. The first-order valence-electron chi connectivity index (χ1n) is 10.4. The minimum Gasteiger partial charge on any atom is -0.493 e. The molecule has 1 aromatic heterocycles. The van der Waals surface area contributed by atoms with Crippen LogP contribution in [0.25, 0.3) is 10.4 Å². The van der Waals surface area contributed by atoms with E-state index in [0.29, 0.717) is 17.2 Å². The molecule has 0 aliphatic heterocycles. The minimum absolute atomic E-state index is 0.00437. The molecule has 1 aliphatic rings. The minimum atomic E-state index is -0.772. The van der Waals surface area contributed by atoms with Crippen molar-refractivity contribution in [3.63, 3.8) is 0 Å². The number of nitrogens with two attached hydrogens (primary N) is 3. The van der Waals surface area contributed by atoms with Gasteiger partial charge in [-0.25, -0.2) is 4.79 Å². The monoisotopic (exact) mass is 460 g/mol. The highest BCUT2D eigenvalue weighted by atomic mass is 32.1. The highest BCUT2D eigenvalue weighted by molar-refractivity contribution is 7.20. The van der Waals surface area contributed by atoms with Gasteiger partial charge in [-0.1, -0.05) is 0 Å². The maximum atomic E-state index is 12.1. The lowest BCUT2D eigenvalue weighted by molar-refractivity contribution is -0.150. The molecule has 1 saturated carbocycles. The zero-order valence-corrected chi connectivity index (χ0v) is 18.7. The number of esters is 1. The van der Waals surface area contributed by atoms with Crippen molar-refractivity contribution in [2.45, 2.75) is 51.2 Å². The predicted octanol–water partition coefficient (Wildman–Crippen LogP) is 2.90. The number of carbonyl (C=O) groups is 3. The highest BCUT2D eigenvalue weighted by Crippen LogP contribution is 2.37. The van der Waals surface area contributed by atoms with E-state index < -0.39 is 18.0 Å². The van der Waals surface area contributed by atoms with Crippen molar-refractivity contribution in [2.24, 2.45) is 17.2 Å². The number of urea groups is 1. The Morgan fingerprint density at radius 2 is 1.91 bits per heavy atom. The van der Waals surface area contributed by atoms with Gasteiger partial charge in [0, 0.05) is 11.3 Å². The van der Waals surface area contributed by atoms with Gasteiger partial charge in [0.05, 0.1) is 12.2 Å². The summed E-state index contributed by atoms with van der Waals surface area (Å²) in [5.41, 5.74) is 18.4. The second-order valence-corrected chi connectivity index (χ2v) is 8.83. The molecular weight excluding hydrogens is 432 g/mol. The Kier molecular flexibility index (Phi) is 7.70. The maximum absolute atomic E-state index is 12.1. The standard InChI is InChI=1S/C22H28N4O5S/c1-12-10-13(18-11-15(19(24)27)20(32-18)26-22(25)29)6-7-17(12)30-9-8-16(23)21(28)31-14-4-2-3-5-14/h6-7,10-11,14,16H,2-5,8-9,23H2,1H3,(H2,24,27)(H3,25,26,29)/t16-/m0/s1. The van der Waals surface area contributed by atoms with Gasteiger partial charge < -0.3 is 26.7 Å². The van der Waals surface area contributed by atoms with Crippen molar-refractivity contribution in [1.29, 1.82) is 0 Å². The number of thiophene rings is 1. The summed E-state index contributed by atoms with van der Waals surface area (Å²) in [5, 5.41) is 2.73. The maximum Gasteiger partial charge on any atom is 0.323 e. The molecule has 1 atom stereocenters. The van der Waals surface area contributed by atoms with E-state index in [1.54, 1.807) is 12.1 Å². The fourth-order valence-corrected chi connectivity index (χ4v) is 4.62. The van der Waals surface area contributed by atoms with Gasteiger partial charge in [0.15, 0.2) is 0 Å². The van der Waals surface area contributed by atoms with Crippen LogP contribution in [0.1, 0.15) is 48.0 Å². The van der Waals surface area contributed by atoms with Crippen molar-refractivity contribution in [3.8, 4) is 16.2 Å². The topological polar surface area (TPSA) is 160 Å². The number of anilines is 1. The average molecular weight is 461 g/mol. The van der Waals surface area contributed by atoms with E-state index in [4.69, 9.17) is 26.7 Å². The molecule has 10 heteroatoms. The summed E-state index contributed by atoms with van der Waals surface area (Å²) in [6.45, 7) is 2.16. The number of aryl methyl sites for hydroxylation is 1. The third-order valence-electron chi connectivity index (χ3n) is 5.27. The smallest absolute Gasteiger partial charge is 0.323 e. The molecule has 1 aromatic carbocycles. The van der Waals surface area contributed by atoms with E-state index in [-0.39, 0.29) is 24.2 Å². The molecule has 3 amide bonds. The SMILES string of the molecule is Cc1cc(-c2cc(C(N)=O)c(NC(N)=O)s2)ccc1OCC[C@H](N)C(=O)OC1CCCC1. The second kappa shape index (κ2) is 10.5. The van der Waals surface area contributed by atoms with Crippen LogP contribution in [0.5, 0.6) is 5.75 Å². The first-order valence-corrected chi connectivity index (χ1v) is 11.3. The quantitative estimate of drug-likeness (QED) is 0.421. The van der Waals surface area contributed by atoms with Crippen LogP contribution < -0.4 is 27.3 Å². The molecule has 9 nitrogen and oxygen atoms in total. The largest absolute Gasteiger partial charge is 0.493 e. The first kappa shape index (κ1) is 23.6. The summed E-state index contributed by atoms with van der Waals surface area (Å²) in [7, 11) is 0. The Morgan fingerprint density at radius 1 is 1.19 bits per heavy atom. The van der Waals surface area contributed by atoms with Crippen LogP contribution in [0.4, 0.5) is 9.80 Å². The molecule has 172 valence electrons.